The van der Waals surface area contributed by atoms with Crippen molar-refractivity contribution in [2.24, 2.45) is 0 Å². The number of carbonyl (C=O) groups excluding carboxylic acids is 2. The van der Waals surface area contributed by atoms with E-state index >= 15 is 0 Å². The highest BCUT2D eigenvalue weighted by Gasteiger charge is 2.60. The van der Waals surface area contributed by atoms with Gasteiger partial charge in [-0.15, -0.1) is 0 Å². The normalized spacial score (nSPS) is 18.6. The van der Waals surface area contributed by atoms with E-state index in [9.17, 15) is 35.9 Å². The van der Waals surface area contributed by atoms with Gasteiger partial charge in [-0.05, 0) is 42.2 Å². The van der Waals surface area contributed by atoms with Crippen LogP contribution in [0.1, 0.15) is 36.0 Å². The molecule has 36 heavy (non-hydrogen) atoms. The minimum absolute atomic E-state index is 0.0668. The van der Waals surface area contributed by atoms with Crippen LogP contribution in [-0.2, 0) is 15.1 Å². The summed E-state index contributed by atoms with van der Waals surface area (Å²) in [5.74, 6) is -1.91. The molecule has 2 aromatic carbocycles. The van der Waals surface area contributed by atoms with E-state index in [0.29, 0.717) is 5.56 Å². The van der Waals surface area contributed by atoms with Crippen LogP contribution in [0, 0.1) is 6.92 Å². The molecular formula is C25H24F6N2O3. The lowest BCUT2D eigenvalue weighted by Crippen LogP contribution is -2.59. The summed E-state index contributed by atoms with van der Waals surface area (Å²) in [4.78, 5) is 25.4. The smallest absolute Gasteiger partial charge is 0.416 e. The molecule has 0 radical (unpaired) electrons. The van der Waals surface area contributed by atoms with Crippen molar-refractivity contribution in [2.75, 3.05) is 13.7 Å². The number of halogens is 6. The molecule has 5 nitrogen and oxygen atoms in total. The van der Waals surface area contributed by atoms with Gasteiger partial charge in [0.25, 0.3) is 11.8 Å². The van der Waals surface area contributed by atoms with Gasteiger partial charge in [0.05, 0.1) is 6.61 Å². The molecule has 0 saturated carbocycles. The molecule has 1 atom stereocenters. The number of rotatable bonds is 7. The zero-order chi connectivity index (χ0) is 26.7. The van der Waals surface area contributed by atoms with Crippen LogP contribution in [0.4, 0.5) is 26.3 Å². The average molecular weight is 514 g/mol. The highest BCUT2D eigenvalue weighted by atomic mass is 19.4. The molecule has 11 heteroatoms. The Balaban J connectivity index is 1.99. The van der Waals surface area contributed by atoms with Gasteiger partial charge >= 0.3 is 12.4 Å². The Hall–Kier alpha value is -3.50. The van der Waals surface area contributed by atoms with E-state index in [1.807, 2.05) is 5.32 Å². The Morgan fingerprint density at radius 1 is 1.03 bits per heavy atom. The summed E-state index contributed by atoms with van der Waals surface area (Å²) < 4.78 is 85.9. The maximum atomic E-state index is 14.6. The number of likely N-dealkylation sites (N-methyl/N-ethyl adjacent to an activating group) is 1. The number of benzene rings is 2. The zero-order valence-corrected chi connectivity index (χ0v) is 19.4. The van der Waals surface area contributed by atoms with Crippen LogP contribution in [0.15, 0.2) is 54.1 Å². The van der Waals surface area contributed by atoms with Crippen molar-refractivity contribution in [3.8, 4) is 5.75 Å². The van der Waals surface area contributed by atoms with Crippen molar-refractivity contribution in [3.05, 3.63) is 70.8 Å². The van der Waals surface area contributed by atoms with E-state index < -0.39 is 48.1 Å². The van der Waals surface area contributed by atoms with Crippen LogP contribution in [-0.4, -0.2) is 37.8 Å². The van der Waals surface area contributed by atoms with Crippen LogP contribution in [0.3, 0.4) is 0 Å². The lowest BCUT2D eigenvalue weighted by molar-refractivity contribution is -0.201. The average Bonchev–Trinajstić information content (AvgIpc) is 2.80. The Labute approximate surface area is 203 Å². The van der Waals surface area contributed by atoms with Crippen molar-refractivity contribution < 1.29 is 40.7 Å². The minimum Gasteiger partial charge on any atom is -0.494 e. The molecule has 0 bridgehead atoms. The van der Waals surface area contributed by atoms with Crippen LogP contribution in [0.2, 0.25) is 0 Å². The van der Waals surface area contributed by atoms with Crippen molar-refractivity contribution >= 4 is 17.4 Å². The molecule has 0 fully saturated rings. The maximum Gasteiger partial charge on any atom is 0.416 e. The largest absolute Gasteiger partial charge is 0.494 e. The summed E-state index contributed by atoms with van der Waals surface area (Å²) in [6.45, 7) is 1.52. The van der Waals surface area contributed by atoms with Crippen molar-refractivity contribution in [1.29, 1.82) is 0 Å². The van der Waals surface area contributed by atoms with Gasteiger partial charge in [0, 0.05) is 19.9 Å². The second kappa shape index (κ2) is 10.2. The van der Waals surface area contributed by atoms with Gasteiger partial charge in [-0.2, -0.15) is 26.3 Å². The molecule has 0 aliphatic carbocycles. The molecule has 2 aromatic rings. The standard InChI is InChI=1S/C25H24F6N2O3/c1-15-4-6-16(7-5-15)19-14-23(25(29,30)31,33-22(35)20(19)21(34)32-2)17-8-10-18(11-9-17)36-13-3-12-24(26,27)28/h4-11H,3,12-14H2,1-2H3,(H,32,34)(H,33,35)/t23-/m0/s1. The number of nitrogens with one attached hydrogen (secondary N) is 2. The molecule has 1 heterocycles. The molecule has 1 aliphatic rings. The Kier molecular flexibility index (Phi) is 7.70. The second-order valence-electron chi connectivity index (χ2n) is 8.42. The van der Waals surface area contributed by atoms with Gasteiger partial charge in [0.15, 0.2) is 5.54 Å². The third-order valence-electron chi connectivity index (χ3n) is 5.86. The van der Waals surface area contributed by atoms with Gasteiger partial charge < -0.3 is 15.4 Å². The van der Waals surface area contributed by atoms with E-state index in [1.165, 1.54) is 19.2 Å². The lowest BCUT2D eigenvalue weighted by atomic mass is 9.76. The Bertz CT molecular complexity index is 1140. The summed E-state index contributed by atoms with van der Waals surface area (Å²) in [6, 6.07) is 11.0. The summed E-state index contributed by atoms with van der Waals surface area (Å²) >= 11 is 0. The predicted molar refractivity (Wildman–Crippen MR) is 120 cm³/mol. The number of amides is 2. The van der Waals surface area contributed by atoms with Crippen molar-refractivity contribution in [2.45, 2.75) is 44.1 Å². The van der Waals surface area contributed by atoms with Crippen molar-refractivity contribution in [1.82, 2.24) is 10.6 Å². The number of carbonyl (C=O) groups is 2. The number of hydrogen-bond acceptors (Lipinski definition) is 3. The monoisotopic (exact) mass is 514 g/mol. The van der Waals surface area contributed by atoms with Gasteiger partial charge in [-0.3, -0.25) is 9.59 Å². The molecule has 0 aromatic heterocycles. The van der Waals surface area contributed by atoms with Gasteiger partial charge in [0.2, 0.25) is 0 Å². The van der Waals surface area contributed by atoms with Crippen LogP contribution in [0.25, 0.3) is 5.57 Å². The molecule has 0 saturated heterocycles. The van der Waals surface area contributed by atoms with E-state index in [2.05, 4.69) is 5.32 Å². The molecule has 2 N–H and O–H groups in total. The maximum absolute atomic E-state index is 14.6. The number of ether oxygens (including phenoxy) is 1. The SMILES string of the molecule is CNC(=O)C1=C(c2ccc(C)cc2)C[C@](c2ccc(OCCCC(F)(F)F)cc2)(C(F)(F)F)NC1=O. The molecule has 2 amide bonds. The fraction of sp³-hybridized carbons (Fsp3) is 0.360. The topological polar surface area (TPSA) is 67.4 Å². The first-order chi connectivity index (χ1) is 16.8. The van der Waals surface area contributed by atoms with Gasteiger partial charge in [-0.1, -0.05) is 42.0 Å². The molecule has 3 rings (SSSR count). The molecule has 1 aliphatic heterocycles. The number of aryl methyl sites for hydroxylation is 1. The Morgan fingerprint density at radius 3 is 2.17 bits per heavy atom. The molecule has 194 valence electrons. The molecular weight excluding hydrogens is 490 g/mol. The van der Waals surface area contributed by atoms with E-state index in [0.717, 1.165) is 17.7 Å². The highest BCUT2D eigenvalue weighted by Crippen LogP contribution is 2.48. The molecule has 0 unspecified atom stereocenters. The fourth-order valence-electron chi connectivity index (χ4n) is 3.96. The van der Waals surface area contributed by atoms with E-state index in [-0.39, 0.29) is 29.9 Å². The van der Waals surface area contributed by atoms with E-state index in [1.54, 1.807) is 31.2 Å². The lowest BCUT2D eigenvalue weighted by Gasteiger charge is -2.41. The first kappa shape index (κ1) is 27.1. The quantitative estimate of drug-likeness (QED) is 0.304. The summed E-state index contributed by atoms with van der Waals surface area (Å²) in [7, 11) is 1.27. The fourth-order valence-corrected chi connectivity index (χ4v) is 3.96. The summed E-state index contributed by atoms with van der Waals surface area (Å²) in [5.41, 5.74) is -2.50. The second-order valence-corrected chi connectivity index (χ2v) is 8.42. The third kappa shape index (κ3) is 5.83. The number of hydrogen-bond donors (Lipinski definition) is 2. The van der Waals surface area contributed by atoms with Gasteiger partial charge in [0.1, 0.15) is 11.3 Å². The van der Waals surface area contributed by atoms with E-state index in [4.69, 9.17) is 4.74 Å². The third-order valence-corrected chi connectivity index (χ3v) is 5.86. The molecule has 0 spiro atoms. The van der Waals surface area contributed by atoms with Crippen molar-refractivity contribution in [3.63, 3.8) is 0 Å². The minimum atomic E-state index is -4.96. The van der Waals surface area contributed by atoms with Crippen LogP contribution in [0.5, 0.6) is 5.75 Å². The van der Waals surface area contributed by atoms with Gasteiger partial charge in [-0.25, -0.2) is 0 Å². The summed E-state index contributed by atoms with van der Waals surface area (Å²) in [5, 5.41) is 4.30. The first-order valence-corrected chi connectivity index (χ1v) is 11.0. The summed E-state index contributed by atoms with van der Waals surface area (Å²) in [6.07, 6.45) is -11.4. The first-order valence-electron chi connectivity index (χ1n) is 11.0. The highest BCUT2D eigenvalue weighted by molar-refractivity contribution is 6.24. The number of alkyl halides is 6. The zero-order valence-electron chi connectivity index (χ0n) is 19.4. The van der Waals surface area contributed by atoms with Crippen LogP contribution >= 0.6 is 0 Å². The predicted octanol–water partition coefficient (Wildman–Crippen LogP) is 5.19. The van der Waals surface area contributed by atoms with Crippen LogP contribution < -0.4 is 15.4 Å². The Morgan fingerprint density at radius 2 is 1.64 bits per heavy atom.